The lowest BCUT2D eigenvalue weighted by atomic mass is 10.0. The first-order valence-corrected chi connectivity index (χ1v) is 5.24. The van der Waals surface area contributed by atoms with Crippen LogP contribution in [0.2, 0.25) is 0 Å². The molecule has 0 radical (unpaired) electrons. The minimum Gasteiger partial charge on any atom is -0.478 e. The summed E-state index contributed by atoms with van der Waals surface area (Å²) in [5.41, 5.74) is 6.41. The van der Waals surface area contributed by atoms with E-state index in [1.165, 1.54) is 30.5 Å². The lowest BCUT2D eigenvalue weighted by molar-refractivity contribution is -0.133. The SMILES string of the molecule is CCN/C=C(/C(=O)O)C(N)c1ccc(F)cc1. The number of carboxylic acids is 1. The molecule has 0 heterocycles. The van der Waals surface area contributed by atoms with Gasteiger partial charge in [-0.05, 0) is 24.6 Å². The number of carbonyl (C=O) groups is 1. The average Bonchev–Trinajstić information content (AvgIpc) is 2.29. The van der Waals surface area contributed by atoms with E-state index in [0.717, 1.165) is 0 Å². The molecule has 1 aromatic carbocycles. The number of benzene rings is 1. The molecule has 1 rings (SSSR count). The molecule has 0 spiro atoms. The Morgan fingerprint density at radius 1 is 1.53 bits per heavy atom. The number of nitrogens with two attached hydrogens (primary N) is 1. The van der Waals surface area contributed by atoms with Gasteiger partial charge < -0.3 is 16.2 Å². The predicted octanol–water partition coefficient (Wildman–Crippen LogP) is 1.40. The highest BCUT2D eigenvalue weighted by molar-refractivity contribution is 5.88. The summed E-state index contributed by atoms with van der Waals surface area (Å²) in [6, 6.07) is 4.67. The third-order valence-electron chi connectivity index (χ3n) is 2.27. The molecular weight excluding hydrogens is 223 g/mol. The summed E-state index contributed by atoms with van der Waals surface area (Å²) in [5.74, 6) is -1.48. The van der Waals surface area contributed by atoms with Gasteiger partial charge in [0.2, 0.25) is 0 Å². The van der Waals surface area contributed by atoms with E-state index in [1.807, 2.05) is 6.92 Å². The summed E-state index contributed by atoms with van der Waals surface area (Å²) < 4.78 is 12.7. The molecular formula is C12H15FN2O2. The Hall–Kier alpha value is -1.88. The Labute approximate surface area is 98.9 Å². The van der Waals surface area contributed by atoms with Crippen LogP contribution in [0.3, 0.4) is 0 Å². The van der Waals surface area contributed by atoms with E-state index < -0.39 is 12.0 Å². The fourth-order valence-corrected chi connectivity index (χ4v) is 1.35. The fraction of sp³-hybridized carbons (Fsp3) is 0.250. The van der Waals surface area contributed by atoms with Gasteiger partial charge in [0.25, 0.3) is 0 Å². The Kier molecular flexibility index (Phi) is 4.66. The molecule has 0 saturated carbocycles. The normalized spacial score (nSPS) is 13.2. The van der Waals surface area contributed by atoms with Crippen LogP contribution >= 0.6 is 0 Å². The van der Waals surface area contributed by atoms with Crippen LogP contribution in [-0.4, -0.2) is 17.6 Å². The van der Waals surface area contributed by atoms with Crippen molar-refractivity contribution < 1.29 is 14.3 Å². The third kappa shape index (κ3) is 3.57. The minimum absolute atomic E-state index is 0.0402. The Morgan fingerprint density at radius 3 is 2.59 bits per heavy atom. The predicted molar refractivity (Wildman–Crippen MR) is 62.7 cm³/mol. The fourth-order valence-electron chi connectivity index (χ4n) is 1.35. The molecule has 4 N–H and O–H groups in total. The van der Waals surface area contributed by atoms with Crippen LogP contribution in [0.25, 0.3) is 0 Å². The Balaban J connectivity index is 2.95. The molecule has 1 atom stereocenters. The standard InChI is InChI=1S/C12H15FN2O2/c1-2-15-7-10(12(16)17)11(14)8-3-5-9(13)6-4-8/h3-7,11,15H,2,14H2,1H3,(H,16,17)/b10-7+. The summed E-state index contributed by atoms with van der Waals surface area (Å²) in [6.45, 7) is 2.45. The van der Waals surface area contributed by atoms with Crippen LogP contribution in [0.4, 0.5) is 4.39 Å². The molecule has 0 fully saturated rings. The largest absolute Gasteiger partial charge is 0.478 e. The summed E-state index contributed by atoms with van der Waals surface area (Å²) in [5, 5.41) is 11.8. The monoisotopic (exact) mass is 238 g/mol. The first-order chi connectivity index (χ1) is 8.06. The molecule has 92 valence electrons. The lowest BCUT2D eigenvalue weighted by Gasteiger charge is -2.13. The number of hydrogen-bond acceptors (Lipinski definition) is 3. The van der Waals surface area contributed by atoms with E-state index in [0.29, 0.717) is 12.1 Å². The maximum atomic E-state index is 12.7. The topological polar surface area (TPSA) is 75.3 Å². The second kappa shape index (κ2) is 6.00. The molecule has 4 nitrogen and oxygen atoms in total. The van der Waals surface area contributed by atoms with Crippen molar-refractivity contribution in [2.24, 2.45) is 5.73 Å². The van der Waals surface area contributed by atoms with Crippen molar-refractivity contribution in [2.75, 3.05) is 6.54 Å². The summed E-state index contributed by atoms with van der Waals surface area (Å²) in [6.07, 6.45) is 1.37. The van der Waals surface area contributed by atoms with Gasteiger partial charge in [-0.1, -0.05) is 12.1 Å². The smallest absolute Gasteiger partial charge is 0.334 e. The van der Waals surface area contributed by atoms with Crippen LogP contribution in [0.15, 0.2) is 36.0 Å². The van der Waals surface area contributed by atoms with Crippen molar-refractivity contribution >= 4 is 5.97 Å². The number of carboxylic acid groups (broad SMARTS) is 1. The summed E-state index contributed by atoms with van der Waals surface area (Å²) >= 11 is 0. The molecule has 17 heavy (non-hydrogen) atoms. The van der Waals surface area contributed by atoms with Gasteiger partial charge in [-0.25, -0.2) is 9.18 Å². The highest BCUT2D eigenvalue weighted by Gasteiger charge is 2.18. The third-order valence-corrected chi connectivity index (χ3v) is 2.27. The lowest BCUT2D eigenvalue weighted by Crippen LogP contribution is -2.21. The number of halogens is 1. The van der Waals surface area contributed by atoms with Gasteiger partial charge in [-0.15, -0.1) is 0 Å². The molecule has 5 heteroatoms. The van der Waals surface area contributed by atoms with Crippen LogP contribution < -0.4 is 11.1 Å². The minimum atomic E-state index is -1.09. The van der Waals surface area contributed by atoms with Crippen LogP contribution in [0, 0.1) is 5.82 Å². The van der Waals surface area contributed by atoms with Crippen molar-refractivity contribution in [3.05, 3.63) is 47.4 Å². The highest BCUT2D eigenvalue weighted by atomic mass is 19.1. The van der Waals surface area contributed by atoms with E-state index in [2.05, 4.69) is 5.32 Å². The molecule has 0 saturated heterocycles. The zero-order valence-corrected chi connectivity index (χ0v) is 9.48. The first-order valence-electron chi connectivity index (χ1n) is 5.24. The Morgan fingerprint density at radius 2 is 2.12 bits per heavy atom. The van der Waals surface area contributed by atoms with E-state index >= 15 is 0 Å². The number of rotatable bonds is 5. The van der Waals surface area contributed by atoms with Crippen LogP contribution in [0.5, 0.6) is 0 Å². The summed E-state index contributed by atoms with van der Waals surface area (Å²) in [7, 11) is 0. The van der Waals surface area contributed by atoms with Crippen LogP contribution in [-0.2, 0) is 4.79 Å². The van der Waals surface area contributed by atoms with Crippen molar-refractivity contribution in [3.8, 4) is 0 Å². The molecule has 0 aliphatic heterocycles. The maximum Gasteiger partial charge on any atom is 0.334 e. The van der Waals surface area contributed by atoms with Crippen molar-refractivity contribution in [2.45, 2.75) is 13.0 Å². The zero-order valence-electron chi connectivity index (χ0n) is 9.48. The van der Waals surface area contributed by atoms with E-state index in [1.54, 1.807) is 0 Å². The summed E-state index contributed by atoms with van der Waals surface area (Å²) in [4.78, 5) is 11.0. The van der Waals surface area contributed by atoms with E-state index in [4.69, 9.17) is 10.8 Å². The molecule has 0 amide bonds. The van der Waals surface area contributed by atoms with Gasteiger partial charge in [-0.2, -0.15) is 0 Å². The van der Waals surface area contributed by atoms with E-state index in [9.17, 15) is 9.18 Å². The van der Waals surface area contributed by atoms with Gasteiger partial charge in [0.05, 0.1) is 11.6 Å². The molecule has 0 aliphatic rings. The Bertz CT molecular complexity index is 415. The first kappa shape index (κ1) is 13.2. The molecule has 0 aromatic heterocycles. The van der Waals surface area contributed by atoms with Gasteiger partial charge in [0, 0.05) is 12.7 Å². The second-order valence-corrected chi connectivity index (χ2v) is 3.49. The number of hydrogen-bond donors (Lipinski definition) is 3. The van der Waals surface area contributed by atoms with Crippen LogP contribution in [0.1, 0.15) is 18.5 Å². The number of nitrogens with one attached hydrogen (secondary N) is 1. The maximum absolute atomic E-state index is 12.7. The molecule has 1 aromatic rings. The van der Waals surface area contributed by atoms with Crippen molar-refractivity contribution in [3.63, 3.8) is 0 Å². The highest BCUT2D eigenvalue weighted by Crippen LogP contribution is 2.19. The van der Waals surface area contributed by atoms with Crippen molar-refractivity contribution in [1.82, 2.24) is 5.32 Å². The zero-order chi connectivity index (χ0) is 12.8. The van der Waals surface area contributed by atoms with E-state index in [-0.39, 0.29) is 11.4 Å². The average molecular weight is 238 g/mol. The van der Waals surface area contributed by atoms with Gasteiger partial charge in [0.15, 0.2) is 0 Å². The molecule has 0 bridgehead atoms. The molecule has 0 aliphatic carbocycles. The number of aliphatic carboxylic acids is 1. The molecule has 1 unspecified atom stereocenters. The van der Waals surface area contributed by atoms with Crippen molar-refractivity contribution in [1.29, 1.82) is 0 Å². The van der Waals surface area contributed by atoms with Gasteiger partial charge >= 0.3 is 5.97 Å². The second-order valence-electron chi connectivity index (χ2n) is 3.49. The van der Waals surface area contributed by atoms with Gasteiger partial charge in [0.1, 0.15) is 5.82 Å². The van der Waals surface area contributed by atoms with Gasteiger partial charge in [-0.3, -0.25) is 0 Å². The quantitative estimate of drug-likeness (QED) is 0.678.